The lowest BCUT2D eigenvalue weighted by Crippen LogP contribution is -2.30. The number of benzene rings is 1. The van der Waals surface area contributed by atoms with E-state index < -0.39 is 6.03 Å². The first-order valence-corrected chi connectivity index (χ1v) is 8.78. The van der Waals surface area contributed by atoms with Crippen LogP contribution in [-0.4, -0.2) is 40.2 Å². The van der Waals surface area contributed by atoms with Gasteiger partial charge in [0, 0.05) is 37.8 Å². The Hall–Kier alpha value is -2.83. The summed E-state index contributed by atoms with van der Waals surface area (Å²) in [7, 11) is 1.81. The average Bonchev–Trinajstić information content (AvgIpc) is 2.90. The Morgan fingerprint density at radius 1 is 1.19 bits per heavy atom. The molecule has 0 aliphatic carbocycles. The smallest absolute Gasteiger partial charge is 0.312 e. The number of urea groups is 1. The van der Waals surface area contributed by atoms with Crippen LogP contribution in [0.4, 0.5) is 4.79 Å². The summed E-state index contributed by atoms with van der Waals surface area (Å²) in [6.07, 6.45) is 1.89. The van der Waals surface area contributed by atoms with Gasteiger partial charge >= 0.3 is 6.03 Å². The molecule has 2 aromatic rings. The van der Waals surface area contributed by atoms with E-state index in [1.54, 1.807) is 4.90 Å². The Morgan fingerprint density at radius 3 is 2.54 bits per heavy atom. The maximum Gasteiger partial charge on any atom is 0.312 e. The Bertz CT molecular complexity index is 755. The molecular formula is C19H27N5O2. The van der Waals surface area contributed by atoms with E-state index in [1.165, 1.54) is 0 Å². The van der Waals surface area contributed by atoms with Gasteiger partial charge in [-0.15, -0.1) is 0 Å². The third-order valence-corrected chi connectivity index (χ3v) is 4.38. The number of rotatable bonds is 8. The fraction of sp³-hybridized carbons (Fsp3) is 0.421. The summed E-state index contributed by atoms with van der Waals surface area (Å²) < 4.78 is 1.92. The molecule has 0 atom stereocenters. The standard InChI is InChI=1S/C19H27N5O2/c1-14-17(15(2)24(22-14)16-9-5-4-6-10-16)13-23(3)18(25)11-7-8-12-21-19(20)26/h4-6,9-10H,7-8,11-13H2,1-3H3,(H3,20,21,26). The number of para-hydroxylation sites is 1. The summed E-state index contributed by atoms with van der Waals surface area (Å²) >= 11 is 0. The van der Waals surface area contributed by atoms with Crippen LogP contribution in [0.15, 0.2) is 30.3 Å². The van der Waals surface area contributed by atoms with Gasteiger partial charge in [0.05, 0.1) is 11.4 Å². The number of nitrogens with two attached hydrogens (primary N) is 1. The summed E-state index contributed by atoms with van der Waals surface area (Å²) in [4.78, 5) is 24.7. The number of nitrogens with zero attached hydrogens (tertiary/aromatic N) is 3. The van der Waals surface area contributed by atoms with Crippen LogP contribution in [0.5, 0.6) is 0 Å². The Balaban J connectivity index is 1.94. The first-order valence-electron chi connectivity index (χ1n) is 8.78. The molecule has 1 aromatic carbocycles. The highest BCUT2D eigenvalue weighted by Gasteiger charge is 2.17. The van der Waals surface area contributed by atoms with Crippen LogP contribution in [0.2, 0.25) is 0 Å². The van der Waals surface area contributed by atoms with Crippen molar-refractivity contribution in [3.8, 4) is 5.69 Å². The number of nitrogens with one attached hydrogen (secondary N) is 1. The molecule has 3 amide bonds. The van der Waals surface area contributed by atoms with Crippen LogP contribution >= 0.6 is 0 Å². The molecule has 3 N–H and O–H groups in total. The quantitative estimate of drug-likeness (QED) is 0.710. The molecule has 7 heteroatoms. The summed E-state index contributed by atoms with van der Waals surface area (Å²) in [5.41, 5.74) is 9.06. The molecule has 0 fully saturated rings. The lowest BCUT2D eigenvalue weighted by atomic mass is 10.1. The molecule has 26 heavy (non-hydrogen) atoms. The highest BCUT2D eigenvalue weighted by Crippen LogP contribution is 2.19. The Morgan fingerprint density at radius 2 is 1.88 bits per heavy atom. The van der Waals surface area contributed by atoms with Crippen molar-refractivity contribution >= 4 is 11.9 Å². The molecule has 0 aliphatic heterocycles. The first-order chi connectivity index (χ1) is 12.4. The minimum atomic E-state index is -0.533. The molecule has 0 spiro atoms. The third kappa shape index (κ3) is 5.08. The van der Waals surface area contributed by atoms with E-state index in [9.17, 15) is 9.59 Å². The van der Waals surface area contributed by atoms with Gasteiger partial charge < -0.3 is 16.0 Å². The summed E-state index contributed by atoms with van der Waals surface area (Å²) in [5.74, 6) is 0.0790. The molecule has 1 heterocycles. The lowest BCUT2D eigenvalue weighted by Gasteiger charge is -2.17. The van der Waals surface area contributed by atoms with Crippen LogP contribution in [0.25, 0.3) is 5.69 Å². The molecular weight excluding hydrogens is 330 g/mol. The number of aryl methyl sites for hydroxylation is 1. The van der Waals surface area contributed by atoms with E-state index >= 15 is 0 Å². The van der Waals surface area contributed by atoms with Crippen LogP contribution in [0, 0.1) is 13.8 Å². The number of carbonyl (C=O) groups excluding carboxylic acids is 2. The fourth-order valence-electron chi connectivity index (χ4n) is 2.85. The van der Waals surface area contributed by atoms with Crippen molar-refractivity contribution in [1.82, 2.24) is 20.0 Å². The van der Waals surface area contributed by atoms with Crippen molar-refractivity contribution in [2.45, 2.75) is 39.7 Å². The van der Waals surface area contributed by atoms with E-state index in [1.807, 2.05) is 55.9 Å². The van der Waals surface area contributed by atoms with Gasteiger partial charge in [0.2, 0.25) is 5.91 Å². The zero-order valence-electron chi connectivity index (χ0n) is 15.7. The molecule has 0 unspecified atom stereocenters. The number of primary amides is 1. The van der Waals surface area contributed by atoms with Crippen LogP contribution < -0.4 is 11.1 Å². The average molecular weight is 357 g/mol. The van der Waals surface area contributed by atoms with Gasteiger partial charge in [0.15, 0.2) is 0 Å². The van der Waals surface area contributed by atoms with Crippen molar-refractivity contribution in [3.63, 3.8) is 0 Å². The van der Waals surface area contributed by atoms with E-state index in [-0.39, 0.29) is 5.91 Å². The topological polar surface area (TPSA) is 93.2 Å². The maximum absolute atomic E-state index is 12.3. The molecule has 140 valence electrons. The summed E-state index contributed by atoms with van der Waals surface area (Å²) in [6, 6.07) is 9.43. The van der Waals surface area contributed by atoms with Crippen molar-refractivity contribution in [1.29, 1.82) is 0 Å². The predicted octanol–water partition coefficient (Wildman–Crippen LogP) is 2.29. The van der Waals surface area contributed by atoms with Crippen LogP contribution in [0.1, 0.15) is 36.2 Å². The Kier molecular flexibility index (Phi) is 6.77. The number of amides is 3. The zero-order valence-corrected chi connectivity index (χ0v) is 15.7. The number of carbonyl (C=O) groups is 2. The van der Waals surface area contributed by atoms with Crippen LogP contribution in [0.3, 0.4) is 0 Å². The first kappa shape index (κ1) is 19.5. The minimum Gasteiger partial charge on any atom is -0.352 e. The summed E-state index contributed by atoms with van der Waals surface area (Å²) in [5, 5.41) is 7.15. The highest BCUT2D eigenvalue weighted by atomic mass is 16.2. The van der Waals surface area contributed by atoms with Crippen molar-refractivity contribution in [2.75, 3.05) is 13.6 Å². The predicted molar refractivity (Wildman–Crippen MR) is 101 cm³/mol. The van der Waals surface area contributed by atoms with Gasteiger partial charge in [0.1, 0.15) is 0 Å². The summed E-state index contributed by atoms with van der Waals surface area (Å²) in [6.45, 7) is 5.02. The number of unbranched alkanes of at least 4 members (excludes halogenated alkanes) is 1. The molecule has 0 radical (unpaired) electrons. The molecule has 2 rings (SSSR count). The van der Waals surface area contributed by atoms with E-state index in [4.69, 9.17) is 5.73 Å². The van der Waals surface area contributed by atoms with Crippen molar-refractivity contribution < 1.29 is 9.59 Å². The fourth-order valence-corrected chi connectivity index (χ4v) is 2.85. The SMILES string of the molecule is Cc1nn(-c2ccccc2)c(C)c1CN(C)C(=O)CCCCNC(N)=O. The number of hydrogen-bond donors (Lipinski definition) is 2. The molecule has 0 saturated carbocycles. The number of aromatic nitrogens is 2. The monoisotopic (exact) mass is 357 g/mol. The van der Waals surface area contributed by atoms with Gasteiger partial charge in [-0.2, -0.15) is 5.10 Å². The molecule has 7 nitrogen and oxygen atoms in total. The van der Waals surface area contributed by atoms with E-state index in [0.29, 0.717) is 25.9 Å². The zero-order chi connectivity index (χ0) is 19.1. The normalized spacial score (nSPS) is 10.6. The molecule has 0 aliphatic rings. The Labute approximate surface area is 154 Å². The largest absolute Gasteiger partial charge is 0.352 e. The lowest BCUT2D eigenvalue weighted by molar-refractivity contribution is -0.130. The van der Waals surface area contributed by atoms with Gasteiger partial charge in [-0.1, -0.05) is 18.2 Å². The molecule has 0 saturated heterocycles. The van der Waals surface area contributed by atoms with Gasteiger partial charge in [-0.05, 0) is 38.8 Å². The van der Waals surface area contributed by atoms with Gasteiger partial charge in [-0.3, -0.25) is 4.79 Å². The second-order valence-corrected chi connectivity index (χ2v) is 6.39. The van der Waals surface area contributed by atoms with Gasteiger partial charge in [-0.25, -0.2) is 9.48 Å². The molecule has 0 bridgehead atoms. The van der Waals surface area contributed by atoms with Crippen LogP contribution in [-0.2, 0) is 11.3 Å². The maximum atomic E-state index is 12.3. The number of hydrogen-bond acceptors (Lipinski definition) is 3. The van der Waals surface area contributed by atoms with Crippen molar-refractivity contribution in [2.24, 2.45) is 5.73 Å². The third-order valence-electron chi connectivity index (χ3n) is 4.38. The molecule has 1 aromatic heterocycles. The van der Waals surface area contributed by atoms with E-state index in [0.717, 1.165) is 29.1 Å². The minimum absolute atomic E-state index is 0.0790. The second-order valence-electron chi connectivity index (χ2n) is 6.39. The highest BCUT2D eigenvalue weighted by molar-refractivity contribution is 5.76. The second kappa shape index (κ2) is 9.03. The van der Waals surface area contributed by atoms with Gasteiger partial charge in [0.25, 0.3) is 0 Å². The van der Waals surface area contributed by atoms with Crippen molar-refractivity contribution in [3.05, 3.63) is 47.3 Å². The van der Waals surface area contributed by atoms with E-state index in [2.05, 4.69) is 10.4 Å².